The molecule has 1 amide bonds. The standard InChI is InChI=1S/C22H30BNO8/c1-14(25)10-11-19(26)24-18-12-16-8-5-9-17(20(16)32-23(18)29)22(28)31-13-30-21(27)15-6-3-2-4-7-15/h5,8-9,15,18,22,28-29H,2-4,6-7,10-13H2,1H3,(H,24,26)/t18-,22?/m0/s1. The molecule has 0 spiro atoms. The molecule has 3 N–H and O–H groups in total. The Morgan fingerprint density at radius 2 is 1.97 bits per heavy atom. The second kappa shape index (κ2) is 11.4. The van der Waals surface area contributed by atoms with Crippen LogP contribution in [-0.4, -0.2) is 47.6 Å². The highest BCUT2D eigenvalue weighted by Gasteiger charge is 2.37. The molecule has 2 aliphatic rings. The van der Waals surface area contributed by atoms with Crippen LogP contribution >= 0.6 is 0 Å². The predicted molar refractivity (Wildman–Crippen MR) is 114 cm³/mol. The van der Waals surface area contributed by atoms with E-state index in [1.165, 1.54) is 6.92 Å². The Bertz CT molecular complexity index is 826. The maximum Gasteiger partial charge on any atom is 0.547 e. The van der Waals surface area contributed by atoms with Gasteiger partial charge in [-0.2, -0.15) is 0 Å². The van der Waals surface area contributed by atoms with Crippen molar-refractivity contribution in [2.45, 2.75) is 70.5 Å². The van der Waals surface area contributed by atoms with Crippen LogP contribution in [0.3, 0.4) is 0 Å². The SMILES string of the molecule is CC(=O)CCC(=O)N[C@H]1Cc2cccc(C(O)OCOC(=O)C3CCCCC3)c2OB1O. The lowest BCUT2D eigenvalue weighted by molar-refractivity contribution is -0.190. The third-order valence-corrected chi connectivity index (χ3v) is 5.83. The number of amides is 1. The molecule has 1 aromatic rings. The van der Waals surface area contributed by atoms with E-state index in [0.717, 1.165) is 32.1 Å². The van der Waals surface area contributed by atoms with Gasteiger partial charge in [0.2, 0.25) is 5.91 Å². The van der Waals surface area contributed by atoms with Gasteiger partial charge in [-0.15, -0.1) is 0 Å². The minimum absolute atomic E-state index is 0.0393. The Morgan fingerprint density at radius 3 is 2.69 bits per heavy atom. The molecule has 1 aromatic carbocycles. The highest BCUT2D eigenvalue weighted by molar-refractivity contribution is 6.46. The summed E-state index contributed by atoms with van der Waals surface area (Å²) in [5, 5.41) is 23.5. The molecule has 10 heteroatoms. The van der Waals surface area contributed by atoms with Crippen molar-refractivity contribution in [2.75, 3.05) is 6.79 Å². The molecular formula is C22H30BNO8. The van der Waals surface area contributed by atoms with E-state index in [-0.39, 0.29) is 54.2 Å². The number of esters is 1. The van der Waals surface area contributed by atoms with Crippen molar-refractivity contribution in [3.05, 3.63) is 29.3 Å². The molecule has 1 heterocycles. The van der Waals surface area contributed by atoms with Crippen LogP contribution in [0.5, 0.6) is 5.75 Å². The van der Waals surface area contributed by atoms with E-state index < -0.39 is 26.1 Å². The minimum Gasteiger partial charge on any atom is -0.534 e. The monoisotopic (exact) mass is 447 g/mol. The Kier molecular flexibility index (Phi) is 8.66. The van der Waals surface area contributed by atoms with Gasteiger partial charge >= 0.3 is 13.1 Å². The molecule has 0 bridgehead atoms. The van der Waals surface area contributed by atoms with Gasteiger partial charge in [0.05, 0.1) is 11.9 Å². The summed E-state index contributed by atoms with van der Waals surface area (Å²) in [5.41, 5.74) is 0.961. The van der Waals surface area contributed by atoms with E-state index >= 15 is 0 Å². The summed E-state index contributed by atoms with van der Waals surface area (Å²) < 4.78 is 16.0. The summed E-state index contributed by atoms with van der Waals surface area (Å²) in [7, 11) is -1.33. The van der Waals surface area contributed by atoms with Crippen molar-refractivity contribution in [3.63, 3.8) is 0 Å². The first-order valence-corrected chi connectivity index (χ1v) is 11.1. The Labute approximate surface area is 187 Å². The number of nitrogens with one attached hydrogen (secondary N) is 1. The number of aliphatic hydroxyl groups excluding tert-OH is 1. The number of fused-ring (bicyclic) bond motifs is 1. The first-order chi connectivity index (χ1) is 15.3. The average molecular weight is 447 g/mol. The molecule has 174 valence electrons. The van der Waals surface area contributed by atoms with Gasteiger partial charge in [-0.3, -0.25) is 9.59 Å². The summed E-state index contributed by atoms with van der Waals surface area (Å²) in [6.07, 6.45) is 3.80. The van der Waals surface area contributed by atoms with Crippen LogP contribution in [0.1, 0.15) is 69.3 Å². The summed E-state index contributed by atoms with van der Waals surface area (Å²) in [5.74, 6) is -1.30. The molecule has 3 rings (SSSR count). The fourth-order valence-electron chi connectivity index (χ4n) is 4.04. The summed E-state index contributed by atoms with van der Waals surface area (Å²) in [6.45, 7) is 1.02. The molecule has 1 aliphatic heterocycles. The van der Waals surface area contributed by atoms with Crippen LogP contribution in [0.15, 0.2) is 18.2 Å². The number of ketones is 1. The van der Waals surface area contributed by atoms with E-state index in [2.05, 4.69) is 5.32 Å². The van der Waals surface area contributed by atoms with Crippen LogP contribution in [0, 0.1) is 5.92 Å². The molecule has 1 unspecified atom stereocenters. The Balaban J connectivity index is 1.55. The fraction of sp³-hybridized carbons (Fsp3) is 0.591. The number of carbonyl (C=O) groups is 3. The zero-order valence-electron chi connectivity index (χ0n) is 18.2. The summed E-state index contributed by atoms with van der Waals surface area (Å²) in [4.78, 5) is 35.2. The summed E-state index contributed by atoms with van der Waals surface area (Å²) in [6, 6.07) is 5.05. The smallest absolute Gasteiger partial charge is 0.534 e. The number of rotatable bonds is 9. The van der Waals surface area contributed by atoms with Gasteiger partial charge in [-0.25, -0.2) is 0 Å². The molecule has 1 fully saturated rings. The maximum atomic E-state index is 12.1. The highest BCUT2D eigenvalue weighted by atomic mass is 16.7. The van der Waals surface area contributed by atoms with Gasteiger partial charge in [0.1, 0.15) is 11.5 Å². The van der Waals surface area contributed by atoms with Crippen LogP contribution in [0.2, 0.25) is 0 Å². The second-order valence-corrected chi connectivity index (χ2v) is 8.36. The van der Waals surface area contributed by atoms with Gasteiger partial charge in [0, 0.05) is 18.4 Å². The molecule has 2 atom stereocenters. The highest BCUT2D eigenvalue weighted by Crippen LogP contribution is 2.34. The van der Waals surface area contributed by atoms with E-state index in [0.29, 0.717) is 5.56 Å². The number of benzene rings is 1. The molecule has 9 nitrogen and oxygen atoms in total. The van der Waals surface area contributed by atoms with Gasteiger partial charge < -0.3 is 34.4 Å². The molecule has 0 saturated heterocycles. The van der Waals surface area contributed by atoms with Crippen LogP contribution in [0.25, 0.3) is 0 Å². The average Bonchev–Trinajstić information content (AvgIpc) is 2.78. The van der Waals surface area contributed by atoms with E-state index in [1.807, 2.05) is 0 Å². The number of ether oxygens (including phenoxy) is 2. The van der Waals surface area contributed by atoms with Crippen LogP contribution < -0.4 is 9.97 Å². The zero-order chi connectivity index (χ0) is 23.1. The normalized spacial score (nSPS) is 19.5. The number of aliphatic hydroxyl groups is 1. The number of para-hydroxylation sites is 1. The van der Waals surface area contributed by atoms with E-state index in [1.54, 1.807) is 18.2 Å². The summed E-state index contributed by atoms with van der Waals surface area (Å²) >= 11 is 0. The fourth-order valence-corrected chi connectivity index (χ4v) is 4.04. The molecule has 1 aliphatic carbocycles. The maximum absolute atomic E-state index is 12.1. The van der Waals surface area contributed by atoms with Crippen LogP contribution in [-0.2, 0) is 30.3 Å². The Morgan fingerprint density at radius 1 is 1.22 bits per heavy atom. The van der Waals surface area contributed by atoms with E-state index in [9.17, 15) is 24.5 Å². The predicted octanol–water partition coefficient (Wildman–Crippen LogP) is 1.58. The third-order valence-electron chi connectivity index (χ3n) is 5.83. The number of hydrogen-bond donors (Lipinski definition) is 3. The van der Waals surface area contributed by atoms with Crippen molar-refractivity contribution in [1.82, 2.24) is 5.32 Å². The first kappa shape index (κ1) is 24.2. The van der Waals surface area contributed by atoms with Crippen molar-refractivity contribution in [2.24, 2.45) is 5.92 Å². The molecule has 1 saturated carbocycles. The lowest BCUT2D eigenvalue weighted by atomic mass is 9.72. The van der Waals surface area contributed by atoms with E-state index in [4.69, 9.17) is 14.1 Å². The number of carbonyl (C=O) groups excluding carboxylic acids is 3. The molecule has 0 radical (unpaired) electrons. The quantitative estimate of drug-likeness (QED) is 0.296. The van der Waals surface area contributed by atoms with Crippen molar-refractivity contribution >= 4 is 24.8 Å². The minimum atomic E-state index is -1.42. The molecule has 32 heavy (non-hydrogen) atoms. The molecule has 0 aromatic heterocycles. The lowest BCUT2D eigenvalue weighted by Crippen LogP contribution is -2.53. The largest absolute Gasteiger partial charge is 0.547 e. The van der Waals surface area contributed by atoms with Gasteiger partial charge in [-0.05, 0) is 31.7 Å². The van der Waals surface area contributed by atoms with Gasteiger partial charge in [0.15, 0.2) is 13.1 Å². The van der Waals surface area contributed by atoms with Crippen molar-refractivity contribution < 1.29 is 38.6 Å². The van der Waals surface area contributed by atoms with Crippen LogP contribution in [0.4, 0.5) is 0 Å². The number of Topliss-reactive ketones (excluding diaryl/α,β-unsaturated/α-hetero) is 1. The van der Waals surface area contributed by atoms with Crippen molar-refractivity contribution in [3.8, 4) is 5.75 Å². The van der Waals surface area contributed by atoms with Gasteiger partial charge in [-0.1, -0.05) is 37.5 Å². The zero-order valence-corrected chi connectivity index (χ0v) is 18.2. The van der Waals surface area contributed by atoms with Crippen molar-refractivity contribution in [1.29, 1.82) is 0 Å². The molecular weight excluding hydrogens is 417 g/mol. The lowest BCUT2D eigenvalue weighted by Gasteiger charge is -2.30. The topological polar surface area (TPSA) is 131 Å². The third kappa shape index (κ3) is 6.54. The second-order valence-electron chi connectivity index (χ2n) is 8.36. The first-order valence-electron chi connectivity index (χ1n) is 11.1. The number of hydrogen-bond acceptors (Lipinski definition) is 8. The Hall–Kier alpha value is -2.43. The van der Waals surface area contributed by atoms with Gasteiger partial charge in [0.25, 0.3) is 0 Å².